The zero-order valence-electron chi connectivity index (χ0n) is 11.3. The summed E-state index contributed by atoms with van der Waals surface area (Å²) < 4.78 is 0. The van der Waals surface area contributed by atoms with Gasteiger partial charge >= 0.3 is 5.97 Å². The van der Waals surface area contributed by atoms with Crippen LogP contribution in [-0.2, 0) is 16.6 Å². The summed E-state index contributed by atoms with van der Waals surface area (Å²) in [4.78, 5) is 16.1. The van der Waals surface area contributed by atoms with Crippen LogP contribution in [0.1, 0.15) is 57.2 Å². The molecule has 0 spiro atoms. The average Bonchev–Trinajstić information content (AvgIpc) is 2.86. The van der Waals surface area contributed by atoms with Gasteiger partial charge in [0.2, 0.25) is 0 Å². The first-order valence-corrected chi connectivity index (χ1v) is 7.40. The summed E-state index contributed by atoms with van der Waals surface area (Å²) >= 11 is 1.60. The molecule has 4 heteroatoms. The fourth-order valence-electron chi connectivity index (χ4n) is 2.54. The summed E-state index contributed by atoms with van der Waals surface area (Å²) in [7, 11) is 0. The lowest BCUT2D eigenvalue weighted by Gasteiger charge is -2.22. The molecule has 3 nitrogen and oxygen atoms in total. The minimum atomic E-state index is -0.646. The summed E-state index contributed by atoms with van der Waals surface area (Å²) in [5.41, 5.74) is 0.564. The topological polar surface area (TPSA) is 50.2 Å². The van der Waals surface area contributed by atoms with Gasteiger partial charge in [0.25, 0.3) is 0 Å². The van der Waals surface area contributed by atoms with Crippen LogP contribution in [-0.4, -0.2) is 16.1 Å². The molecule has 1 heterocycles. The molecule has 0 unspecified atom stereocenters. The zero-order chi connectivity index (χ0) is 13.4. The molecule has 100 valence electrons. The molecule has 1 aromatic heterocycles. The fourth-order valence-corrected chi connectivity index (χ4v) is 3.71. The molecule has 0 aliphatic heterocycles. The second kappa shape index (κ2) is 4.65. The van der Waals surface area contributed by atoms with Crippen LogP contribution in [0.5, 0.6) is 0 Å². The van der Waals surface area contributed by atoms with Gasteiger partial charge in [0, 0.05) is 17.2 Å². The highest BCUT2D eigenvalue weighted by Crippen LogP contribution is 2.42. The van der Waals surface area contributed by atoms with Gasteiger partial charge in [-0.05, 0) is 12.8 Å². The number of carboxylic acid groups (broad SMARTS) is 1. The van der Waals surface area contributed by atoms with E-state index in [0.717, 1.165) is 36.4 Å². The first-order valence-electron chi connectivity index (χ1n) is 6.52. The van der Waals surface area contributed by atoms with Crippen LogP contribution in [0.15, 0.2) is 5.38 Å². The molecule has 0 bridgehead atoms. The fraction of sp³-hybridized carbons (Fsp3) is 0.714. The lowest BCUT2D eigenvalue weighted by atomic mass is 9.83. The highest BCUT2D eigenvalue weighted by Gasteiger charge is 2.42. The Morgan fingerprint density at radius 1 is 1.44 bits per heavy atom. The number of carbonyl (C=O) groups is 1. The number of nitrogens with zero attached hydrogens (tertiary/aromatic N) is 1. The van der Waals surface area contributed by atoms with Crippen LogP contribution in [0.4, 0.5) is 0 Å². The third-order valence-electron chi connectivity index (χ3n) is 3.82. The van der Waals surface area contributed by atoms with Crippen molar-refractivity contribution in [2.75, 3.05) is 0 Å². The van der Waals surface area contributed by atoms with Crippen LogP contribution in [0.25, 0.3) is 0 Å². The van der Waals surface area contributed by atoms with Gasteiger partial charge in [-0.1, -0.05) is 33.6 Å². The predicted molar refractivity (Wildman–Crippen MR) is 73.1 cm³/mol. The second-order valence-electron chi connectivity index (χ2n) is 6.35. The maximum absolute atomic E-state index is 11.5. The number of hydrogen-bond donors (Lipinski definition) is 1. The maximum atomic E-state index is 11.5. The molecular weight excluding hydrogens is 246 g/mol. The van der Waals surface area contributed by atoms with E-state index in [4.69, 9.17) is 0 Å². The first-order chi connectivity index (χ1) is 8.33. The Labute approximate surface area is 112 Å². The SMILES string of the molecule is CC(C)(C)c1csc(CC2(C(=O)O)CCCC2)n1. The number of thiazole rings is 1. The van der Waals surface area contributed by atoms with Crippen molar-refractivity contribution < 1.29 is 9.90 Å². The van der Waals surface area contributed by atoms with Crippen molar-refractivity contribution in [1.29, 1.82) is 0 Å². The molecule has 1 saturated carbocycles. The zero-order valence-corrected chi connectivity index (χ0v) is 12.1. The highest BCUT2D eigenvalue weighted by molar-refractivity contribution is 7.09. The normalized spacial score (nSPS) is 19.1. The van der Waals surface area contributed by atoms with E-state index in [2.05, 4.69) is 31.1 Å². The lowest BCUT2D eigenvalue weighted by Crippen LogP contribution is -2.30. The van der Waals surface area contributed by atoms with Gasteiger partial charge in [0.1, 0.15) is 0 Å². The molecule has 2 rings (SSSR count). The van der Waals surface area contributed by atoms with E-state index < -0.39 is 11.4 Å². The van der Waals surface area contributed by atoms with Gasteiger partial charge in [-0.2, -0.15) is 0 Å². The van der Waals surface area contributed by atoms with Gasteiger partial charge < -0.3 is 5.11 Å². The van der Waals surface area contributed by atoms with Gasteiger partial charge in [0.15, 0.2) is 0 Å². The summed E-state index contributed by atoms with van der Waals surface area (Å²) in [5.74, 6) is -0.646. The van der Waals surface area contributed by atoms with Crippen molar-refractivity contribution in [2.24, 2.45) is 5.41 Å². The second-order valence-corrected chi connectivity index (χ2v) is 7.29. The molecule has 0 aromatic carbocycles. The van der Waals surface area contributed by atoms with Crippen molar-refractivity contribution in [2.45, 2.75) is 58.3 Å². The van der Waals surface area contributed by atoms with Crippen molar-refractivity contribution in [3.8, 4) is 0 Å². The monoisotopic (exact) mass is 267 g/mol. The molecule has 1 fully saturated rings. The largest absolute Gasteiger partial charge is 0.481 e. The molecular formula is C14H21NO2S. The predicted octanol–water partition coefficient (Wildman–Crippen LogP) is 3.63. The summed E-state index contributed by atoms with van der Waals surface area (Å²) in [6, 6.07) is 0. The Bertz CT molecular complexity index is 439. The third-order valence-corrected chi connectivity index (χ3v) is 4.67. The quantitative estimate of drug-likeness (QED) is 0.909. The van der Waals surface area contributed by atoms with E-state index in [1.165, 1.54) is 0 Å². The van der Waals surface area contributed by atoms with Crippen LogP contribution >= 0.6 is 11.3 Å². The van der Waals surface area contributed by atoms with E-state index >= 15 is 0 Å². The van der Waals surface area contributed by atoms with E-state index in [9.17, 15) is 9.90 Å². The molecule has 0 amide bonds. The van der Waals surface area contributed by atoms with Crippen LogP contribution < -0.4 is 0 Å². The molecule has 18 heavy (non-hydrogen) atoms. The molecule has 1 aliphatic rings. The highest BCUT2D eigenvalue weighted by atomic mass is 32.1. The molecule has 0 radical (unpaired) electrons. The van der Waals surface area contributed by atoms with Crippen molar-refractivity contribution in [1.82, 2.24) is 4.98 Å². The Morgan fingerprint density at radius 2 is 2.06 bits per heavy atom. The standard InChI is InChI=1S/C14H21NO2S/c1-13(2,3)10-9-18-11(15-10)8-14(12(16)17)6-4-5-7-14/h9H,4-8H2,1-3H3,(H,16,17). The third kappa shape index (κ3) is 2.58. The summed E-state index contributed by atoms with van der Waals surface area (Å²) in [6.07, 6.45) is 4.26. The minimum absolute atomic E-state index is 0.0425. The van der Waals surface area contributed by atoms with Crippen molar-refractivity contribution >= 4 is 17.3 Å². The Hall–Kier alpha value is -0.900. The molecule has 1 N–H and O–H groups in total. The van der Waals surface area contributed by atoms with E-state index in [-0.39, 0.29) is 5.41 Å². The maximum Gasteiger partial charge on any atom is 0.310 e. The van der Waals surface area contributed by atoms with Gasteiger partial charge in [-0.3, -0.25) is 4.79 Å². The number of aliphatic carboxylic acids is 1. The Morgan fingerprint density at radius 3 is 2.50 bits per heavy atom. The van der Waals surface area contributed by atoms with Gasteiger partial charge in [-0.25, -0.2) is 4.98 Å². The molecule has 1 aliphatic carbocycles. The number of carboxylic acids is 1. The van der Waals surface area contributed by atoms with Crippen LogP contribution in [0.3, 0.4) is 0 Å². The minimum Gasteiger partial charge on any atom is -0.481 e. The average molecular weight is 267 g/mol. The summed E-state index contributed by atoms with van der Waals surface area (Å²) in [6.45, 7) is 6.40. The number of aromatic nitrogens is 1. The van der Waals surface area contributed by atoms with E-state index in [1.54, 1.807) is 11.3 Å². The number of rotatable bonds is 3. The van der Waals surface area contributed by atoms with Gasteiger partial charge in [-0.15, -0.1) is 11.3 Å². The lowest BCUT2D eigenvalue weighted by molar-refractivity contribution is -0.148. The van der Waals surface area contributed by atoms with Gasteiger partial charge in [0.05, 0.1) is 16.1 Å². The molecule has 0 atom stereocenters. The van der Waals surface area contributed by atoms with Crippen LogP contribution in [0, 0.1) is 5.41 Å². The smallest absolute Gasteiger partial charge is 0.310 e. The van der Waals surface area contributed by atoms with E-state index in [1.807, 2.05) is 0 Å². The van der Waals surface area contributed by atoms with E-state index in [0.29, 0.717) is 6.42 Å². The summed E-state index contributed by atoms with van der Waals surface area (Å²) in [5, 5.41) is 12.5. The molecule has 1 aromatic rings. The van der Waals surface area contributed by atoms with Crippen LogP contribution in [0.2, 0.25) is 0 Å². The van der Waals surface area contributed by atoms with Crippen molar-refractivity contribution in [3.05, 3.63) is 16.1 Å². The Kier molecular flexibility index (Phi) is 3.49. The van der Waals surface area contributed by atoms with Crippen molar-refractivity contribution in [3.63, 3.8) is 0 Å². The molecule has 0 saturated heterocycles. The number of hydrogen-bond acceptors (Lipinski definition) is 3. The first kappa shape index (κ1) is 13.5. The Balaban J connectivity index is 2.18.